The van der Waals surface area contributed by atoms with E-state index in [4.69, 9.17) is 0 Å². The molecular formula is C7H8N2O. The molecule has 0 aromatic rings. The van der Waals surface area contributed by atoms with E-state index in [1.54, 1.807) is 24.6 Å². The van der Waals surface area contributed by atoms with Crippen LogP contribution in [0, 0.1) is 0 Å². The number of allylic oxidation sites excluding steroid dienone is 3. The first-order chi connectivity index (χ1) is 4.93. The highest BCUT2D eigenvalue weighted by Crippen LogP contribution is 1.93. The van der Waals surface area contributed by atoms with Gasteiger partial charge in [0.25, 0.3) is 0 Å². The predicted octanol–water partition coefficient (Wildman–Crippen LogP) is 0.247. The van der Waals surface area contributed by atoms with Crippen molar-refractivity contribution in [1.29, 1.82) is 0 Å². The second-order valence-corrected chi connectivity index (χ2v) is 1.74. The van der Waals surface area contributed by atoms with Gasteiger partial charge >= 0.3 is 0 Å². The third-order valence-electron chi connectivity index (χ3n) is 1.05. The van der Waals surface area contributed by atoms with Crippen LogP contribution >= 0.6 is 0 Å². The molecule has 0 saturated heterocycles. The van der Waals surface area contributed by atoms with Crippen molar-refractivity contribution in [3.8, 4) is 0 Å². The highest BCUT2D eigenvalue weighted by molar-refractivity contribution is 5.52. The van der Waals surface area contributed by atoms with E-state index >= 15 is 0 Å². The SMILES string of the molecule is O=CNC1=CC=CNC=C1. The molecule has 0 saturated carbocycles. The quantitative estimate of drug-likeness (QED) is 0.534. The maximum Gasteiger partial charge on any atom is 0.211 e. The van der Waals surface area contributed by atoms with Crippen LogP contribution in [-0.2, 0) is 4.79 Å². The van der Waals surface area contributed by atoms with E-state index in [1.807, 2.05) is 6.08 Å². The van der Waals surface area contributed by atoms with Gasteiger partial charge in [-0.15, -0.1) is 0 Å². The van der Waals surface area contributed by atoms with Crippen molar-refractivity contribution in [3.63, 3.8) is 0 Å². The zero-order valence-corrected chi connectivity index (χ0v) is 5.37. The molecule has 1 aliphatic heterocycles. The summed E-state index contributed by atoms with van der Waals surface area (Å²) in [4.78, 5) is 9.95. The van der Waals surface area contributed by atoms with Crippen LogP contribution in [-0.4, -0.2) is 6.41 Å². The molecule has 0 aromatic heterocycles. The molecule has 0 spiro atoms. The Bertz CT molecular complexity index is 204. The summed E-state index contributed by atoms with van der Waals surface area (Å²) in [5, 5.41) is 5.39. The van der Waals surface area contributed by atoms with Crippen LogP contribution in [0.15, 0.2) is 36.3 Å². The van der Waals surface area contributed by atoms with E-state index in [9.17, 15) is 4.79 Å². The van der Waals surface area contributed by atoms with Gasteiger partial charge in [-0.05, 0) is 18.2 Å². The summed E-state index contributed by atoms with van der Waals surface area (Å²) < 4.78 is 0. The van der Waals surface area contributed by atoms with Crippen molar-refractivity contribution in [1.82, 2.24) is 10.6 Å². The second-order valence-electron chi connectivity index (χ2n) is 1.74. The van der Waals surface area contributed by atoms with E-state index < -0.39 is 0 Å². The van der Waals surface area contributed by atoms with Crippen LogP contribution in [0.2, 0.25) is 0 Å². The van der Waals surface area contributed by atoms with Crippen LogP contribution in [0.3, 0.4) is 0 Å². The van der Waals surface area contributed by atoms with Gasteiger partial charge in [-0.1, -0.05) is 0 Å². The van der Waals surface area contributed by atoms with E-state index in [1.165, 1.54) is 0 Å². The lowest BCUT2D eigenvalue weighted by Gasteiger charge is -1.93. The Kier molecular flexibility index (Phi) is 2.31. The number of rotatable bonds is 2. The fourth-order valence-corrected chi connectivity index (χ4v) is 0.621. The maximum absolute atomic E-state index is 9.95. The minimum absolute atomic E-state index is 0.648. The zero-order valence-electron chi connectivity index (χ0n) is 5.37. The first-order valence-corrected chi connectivity index (χ1v) is 2.93. The Balaban J connectivity index is 2.63. The van der Waals surface area contributed by atoms with Crippen molar-refractivity contribution in [2.24, 2.45) is 0 Å². The number of hydrogen-bond donors (Lipinski definition) is 2. The Morgan fingerprint density at radius 1 is 1.50 bits per heavy atom. The summed E-state index contributed by atoms with van der Waals surface area (Å²) in [6.45, 7) is 0. The Labute approximate surface area is 59.1 Å². The van der Waals surface area contributed by atoms with Gasteiger partial charge in [-0.25, -0.2) is 0 Å². The summed E-state index contributed by atoms with van der Waals surface area (Å²) >= 11 is 0. The highest BCUT2D eigenvalue weighted by Gasteiger charge is 1.87. The van der Waals surface area contributed by atoms with E-state index in [0.717, 1.165) is 5.70 Å². The fraction of sp³-hybridized carbons (Fsp3) is 0. The second kappa shape index (κ2) is 3.50. The molecule has 1 heterocycles. The third-order valence-corrected chi connectivity index (χ3v) is 1.05. The molecule has 0 fully saturated rings. The van der Waals surface area contributed by atoms with Crippen LogP contribution in [0.5, 0.6) is 0 Å². The maximum atomic E-state index is 9.95. The molecule has 1 amide bonds. The minimum atomic E-state index is 0.648. The third kappa shape index (κ3) is 1.78. The molecule has 1 aliphatic rings. The summed E-state index contributed by atoms with van der Waals surface area (Å²) in [5.74, 6) is 0. The van der Waals surface area contributed by atoms with Crippen molar-refractivity contribution >= 4 is 6.41 Å². The number of amides is 1. The van der Waals surface area contributed by atoms with Gasteiger partial charge in [0.15, 0.2) is 0 Å². The molecule has 0 atom stereocenters. The molecule has 0 unspecified atom stereocenters. The Hall–Kier alpha value is -1.51. The lowest BCUT2D eigenvalue weighted by Crippen LogP contribution is -2.07. The monoisotopic (exact) mass is 136 g/mol. The van der Waals surface area contributed by atoms with Gasteiger partial charge in [0.05, 0.1) is 0 Å². The number of nitrogens with one attached hydrogen (secondary N) is 2. The summed E-state index contributed by atoms with van der Waals surface area (Å²) in [7, 11) is 0. The highest BCUT2D eigenvalue weighted by atomic mass is 16.1. The number of carbonyl (C=O) groups excluding carboxylic acids is 1. The number of hydrogen-bond acceptors (Lipinski definition) is 2. The standard InChI is InChI=1S/C7H8N2O/c10-6-9-7-2-1-4-8-5-3-7/h1-6,8H,(H,9,10). The molecular weight excluding hydrogens is 128 g/mol. The lowest BCUT2D eigenvalue weighted by molar-refractivity contribution is -0.108. The first-order valence-electron chi connectivity index (χ1n) is 2.93. The Morgan fingerprint density at radius 3 is 3.20 bits per heavy atom. The smallest absolute Gasteiger partial charge is 0.211 e. The molecule has 0 radical (unpaired) electrons. The summed E-state index contributed by atoms with van der Waals surface area (Å²) in [6, 6.07) is 0. The van der Waals surface area contributed by atoms with Crippen molar-refractivity contribution in [2.45, 2.75) is 0 Å². The fourth-order valence-electron chi connectivity index (χ4n) is 0.621. The number of carbonyl (C=O) groups is 1. The molecule has 10 heavy (non-hydrogen) atoms. The molecule has 2 N–H and O–H groups in total. The average Bonchev–Trinajstić information content (AvgIpc) is 2.17. The van der Waals surface area contributed by atoms with Crippen molar-refractivity contribution < 1.29 is 4.79 Å². The minimum Gasteiger partial charge on any atom is -0.368 e. The summed E-state index contributed by atoms with van der Waals surface area (Å²) in [5.41, 5.74) is 0.774. The predicted molar refractivity (Wildman–Crippen MR) is 38.7 cm³/mol. The van der Waals surface area contributed by atoms with Crippen LogP contribution < -0.4 is 10.6 Å². The van der Waals surface area contributed by atoms with E-state index in [0.29, 0.717) is 6.41 Å². The van der Waals surface area contributed by atoms with Crippen LogP contribution in [0.25, 0.3) is 0 Å². The van der Waals surface area contributed by atoms with Gasteiger partial charge < -0.3 is 10.6 Å². The largest absolute Gasteiger partial charge is 0.368 e. The van der Waals surface area contributed by atoms with Gasteiger partial charge in [0.2, 0.25) is 6.41 Å². The molecule has 0 aromatic carbocycles. The van der Waals surface area contributed by atoms with Gasteiger partial charge in [0.1, 0.15) is 0 Å². The normalized spacial score (nSPS) is 15.0. The van der Waals surface area contributed by atoms with Crippen molar-refractivity contribution in [2.75, 3.05) is 0 Å². The molecule has 3 nitrogen and oxygen atoms in total. The molecule has 3 heteroatoms. The zero-order chi connectivity index (χ0) is 7.23. The van der Waals surface area contributed by atoms with Crippen LogP contribution in [0.1, 0.15) is 0 Å². The average molecular weight is 136 g/mol. The van der Waals surface area contributed by atoms with E-state index in [2.05, 4.69) is 10.6 Å². The molecule has 0 bridgehead atoms. The van der Waals surface area contributed by atoms with Crippen LogP contribution in [0.4, 0.5) is 0 Å². The Morgan fingerprint density at radius 2 is 2.40 bits per heavy atom. The van der Waals surface area contributed by atoms with Gasteiger partial charge in [0, 0.05) is 18.1 Å². The van der Waals surface area contributed by atoms with Gasteiger partial charge in [-0.2, -0.15) is 0 Å². The van der Waals surface area contributed by atoms with Crippen molar-refractivity contribution in [3.05, 3.63) is 36.3 Å². The molecule has 1 rings (SSSR count). The summed E-state index contributed by atoms with van der Waals surface area (Å²) in [6.07, 6.45) is 9.54. The van der Waals surface area contributed by atoms with E-state index in [-0.39, 0.29) is 0 Å². The first kappa shape index (κ1) is 6.61. The lowest BCUT2D eigenvalue weighted by atomic mass is 10.4. The molecule has 0 aliphatic carbocycles. The van der Waals surface area contributed by atoms with Gasteiger partial charge in [-0.3, -0.25) is 4.79 Å². The topological polar surface area (TPSA) is 41.1 Å². The molecule has 52 valence electrons.